The highest BCUT2D eigenvalue weighted by Crippen LogP contribution is 2.31. The zero-order chi connectivity index (χ0) is 13.3. The molecule has 17 heavy (non-hydrogen) atoms. The fourth-order valence-electron chi connectivity index (χ4n) is 1.24. The quantitative estimate of drug-likeness (QED) is 0.904. The lowest BCUT2D eigenvalue weighted by Gasteiger charge is -2.10. The van der Waals surface area contributed by atoms with Crippen LogP contribution in [0, 0.1) is 0 Å². The number of primary sulfonamides is 1. The smallest absolute Gasteiger partial charge is 0.380 e. The van der Waals surface area contributed by atoms with Crippen molar-refractivity contribution in [1.82, 2.24) is 0 Å². The van der Waals surface area contributed by atoms with E-state index in [-0.39, 0.29) is 12.2 Å². The lowest BCUT2D eigenvalue weighted by Crippen LogP contribution is -2.15. The van der Waals surface area contributed by atoms with Crippen molar-refractivity contribution >= 4 is 10.0 Å². The molecule has 1 rings (SSSR count). The Kier molecular flexibility index (Phi) is 3.80. The minimum atomic E-state index is -4.64. The molecule has 4 nitrogen and oxygen atoms in total. The van der Waals surface area contributed by atoms with Crippen LogP contribution in [0.2, 0.25) is 0 Å². The highest BCUT2D eigenvalue weighted by molar-refractivity contribution is 7.89. The van der Waals surface area contributed by atoms with Crippen LogP contribution in [0.25, 0.3) is 0 Å². The molecule has 0 aliphatic carbocycles. The number of sulfonamides is 1. The predicted octanol–water partition coefficient (Wildman–Crippen LogP) is 1.50. The van der Waals surface area contributed by atoms with Crippen LogP contribution in [0.5, 0.6) is 0 Å². The van der Waals surface area contributed by atoms with Gasteiger partial charge in [0.05, 0.1) is 17.1 Å². The van der Waals surface area contributed by atoms with Crippen LogP contribution in [0.3, 0.4) is 0 Å². The second kappa shape index (κ2) is 4.63. The van der Waals surface area contributed by atoms with E-state index in [4.69, 9.17) is 5.14 Å². The Labute approximate surface area is 96.2 Å². The average Bonchev–Trinajstić information content (AvgIpc) is 2.15. The third-order valence-corrected chi connectivity index (χ3v) is 2.83. The molecule has 0 heterocycles. The summed E-state index contributed by atoms with van der Waals surface area (Å²) in [5, 5.41) is 4.80. The summed E-state index contributed by atoms with van der Waals surface area (Å²) in [6.07, 6.45) is -4.64. The van der Waals surface area contributed by atoms with Crippen molar-refractivity contribution in [2.45, 2.75) is 17.7 Å². The zero-order valence-corrected chi connectivity index (χ0v) is 9.60. The van der Waals surface area contributed by atoms with Gasteiger partial charge in [0.25, 0.3) is 0 Å². The molecule has 2 N–H and O–H groups in total. The summed E-state index contributed by atoms with van der Waals surface area (Å²) in [6.45, 7) is -0.133. The molecule has 0 aromatic heterocycles. The molecule has 0 fully saturated rings. The van der Waals surface area contributed by atoms with Gasteiger partial charge in [-0.1, -0.05) is 0 Å². The first-order chi connectivity index (χ1) is 7.64. The predicted molar refractivity (Wildman–Crippen MR) is 53.5 cm³/mol. The van der Waals surface area contributed by atoms with E-state index < -0.39 is 26.7 Å². The Morgan fingerprint density at radius 1 is 1.29 bits per heavy atom. The Morgan fingerprint density at radius 3 is 2.29 bits per heavy atom. The van der Waals surface area contributed by atoms with Gasteiger partial charge in [-0.05, 0) is 23.8 Å². The van der Waals surface area contributed by atoms with Crippen LogP contribution >= 0.6 is 0 Å². The lowest BCUT2D eigenvalue weighted by molar-refractivity contribution is -0.137. The molecule has 0 saturated heterocycles. The van der Waals surface area contributed by atoms with Gasteiger partial charge in [0.15, 0.2) is 0 Å². The van der Waals surface area contributed by atoms with E-state index in [2.05, 4.69) is 4.74 Å². The molecule has 1 aromatic carbocycles. The molecule has 8 heteroatoms. The van der Waals surface area contributed by atoms with Gasteiger partial charge in [-0.3, -0.25) is 0 Å². The van der Waals surface area contributed by atoms with Crippen LogP contribution in [0.1, 0.15) is 11.1 Å². The van der Waals surface area contributed by atoms with Gasteiger partial charge in [-0.2, -0.15) is 13.2 Å². The van der Waals surface area contributed by atoms with Crippen molar-refractivity contribution in [3.05, 3.63) is 29.3 Å². The van der Waals surface area contributed by atoms with Crippen molar-refractivity contribution < 1.29 is 26.3 Å². The van der Waals surface area contributed by atoms with Crippen LogP contribution in [-0.2, 0) is 27.5 Å². The zero-order valence-electron chi connectivity index (χ0n) is 8.78. The normalized spacial score (nSPS) is 12.8. The van der Waals surface area contributed by atoms with E-state index in [0.717, 1.165) is 12.1 Å². The summed E-state index contributed by atoms with van der Waals surface area (Å²) in [7, 11) is -2.89. The van der Waals surface area contributed by atoms with Gasteiger partial charge >= 0.3 is 6.18 Å². The van der Waals surface area contributed by atoms with Crippen LogP contribution in [0.4, 0.5) is 13.2 Å². The number of methoxy groups -OCH3 is 1. The Morgan fingerprint density at radius 2 is 1.88 bits per heavy atom. The second-order valence-corrected chi connectivity index (χ2v) is 4.90. The number of nitrogens with two attached hydrogens (primary N) is 1. The SMILES string of the molecule is COCc1cc(C(F)(F)F)cc(S(N)(=O)=O)c1. The Balaban J connectivity index is 3.39. The van der Waals surface area contributed by atoms with Crippen LogP contribution in [-0.4, -0.2) is 15.5 Å². The van der Waals surface area contributed by atoms with E-state index in [9.17, 15) is 21.6 Å². The highest BCUT2D eigenvalue weighted by atomic mass is 32.2. The minimum absolute atomic E-state index is 0.0892. The molecule has 0 radical (unpaired) electrons. The van der Waals surface area contributed by atoms with Gasteiger partial charge in [0.2, 0.25) is 10.0 Å². The first-order valence-electron chi connectivity index (χ1n) is 4.37. The van der Waals surface area contributed by atoms with Gasteiger partial charge < -0.3 is 4.74 Å². The van der Waals surface area contributed by atoms with E-state index >= 15 is 0 Å². The fraction of sp³-hybridized carbons (Fsp3) is 0.333. The molecular weight excluding hydrogens is 259 g/mol. The van der Waals surface area contributed by atoms with Crippen molar-refractivity contribution in [1.29, 1.82) is 0 Å². The third kappa shape index (κ3) is 3.69. The largest absolute Gasteiger partial charge is 0.416 e. The summed E-state index contributed by atoms with van der Waals surface area (Å²) < 4.78 is 64.2. The number of hydrogen-bond acceptors (Lipinski definition) is 3. The standard InChI is InChI=1S/C9H10F3NO3S/c1-16-5-6-2-7(9(10,11)12)4-8(3-6)17(13,14)15/h2-4H,5H2,1H3,(H2,13,14,15). The van der Waals surface area contributed by atoms with E-state index in [1.165, 1.54) is 7.11 Å². The molecule has 0 aliphatic heterocycles. The Bertz CT molecular complexity index is 511. The molecule has 0 saturated carbocycles. The second-order valence-electron chi connectivity index (χ2n) is 3.34. The van der Waals surface area contributed by atoms with E-state index in [0.29, 0.717) is 6.07 Å². The van der Waals surface area contributed by atoms with Gasteiger partial charge in [0, 0.05) is 7.11 Å². The van der Waals surface area contributed by atoms with Crippen LogP contribution in [0.15, 0.2) is 23.1 Å². The maximum absolute atomic E-state index is 12.5. The number of hydrogen-bond donors (Lipinski definition) is 1. The number of benzene rings is 1. The first-order valence-corrected chi connectivity index (χ1v) is 5.92. The van der Waals surface area contributed by atoms with Gasteiger partial charge in [-0.15, -0.1) is 0 Å². The third-order valence-electron chi connectivity index (χ3n) is 1.93. The molecule has 0 bridgehead atoms. The molecule has 0 spiro atoms. The summed E-state index contributed by atoms with van der Waals surface area (Å²) in [5.74, 6) is 0. The van der Waals surface area contributed by atoms with Crippen molar-refractivity contribution in [2.75, 3.05) is 7.11 Å². The Hall–Kier alpha value is -1.12. The molecule has 96 valence electrons. The average molecular weight is 269 g/mol. The van der Waals surface area contributed by atoms with Crippen molar-refractivity contribution in [3.8, 4) is 0 Å². The van der Waals surface area contributed by atoms with E-state index in [1.54, 1.807) is 0 Å². The fourth-order valence-corrected chi connectivity index (χ4v) is 1.85. The lowest BCUT2D eigenvalue weighted by atomic mass is 10.1. The first kappa shape index (κ1) is 13.9. The van der Waals surface area contributed by atoms with Gasteiger partial charge in [0.1, 0.15) is 0 Å². The number of halogens is 3. The molecule has 0 aliphatic rings. The van der Waals surface area contributed by atoms with Gasteiger partial charge in [-0.25, -0.2) is 13.6 Å². The molecular formula is C9H10F3NO3S. The summed E-state index contributed by atoms with van der Waals surface area (Å²) in [6, 6.07) is 2.36. The highest BCUT2D eigenvalue weighted by Gasteiger charge is 2.32. The van der Waals surface area contributed by atoms with Crippen molar-refractivity contribution in [3.63, 3.8) is 0 Å². The van der Waals surface area contributed by atoms with E-state index in [1.807, 2.05) is 0 Å². The summed E-state index contributed by atoms with van der Waals surface area (Å²) in [4.78, 5) is -0.584. The molecule has 0 unspecified atom stereocenters. The summed E-state index contributed by atoms with van der Waals surface area (Å²) >= 11 is 0. The number of rotatable bonds is 3. The summed E-state index contributed by atoms with van der Waals surface area (Å²) in [5.41, 5.74) is -0.984. The number of alkyl halides is 3. The monoisotopic (exact) mass is 269 g/mol. The molecule has 0 amide bonds. The minimum Gasteiger partial charge on any atom is -0.380 e. The maximum Gasteiger partial charge on any atom is 0.416 e. The van der Waals surface area contributed by atoms with Crippen LogP contribution < -0.4 is 5.14 Å². The topological polar surface area (TPSA) is 69.4 Å². The maximum atomic E-state index is 12.5. The van der Waals surface area contributed by atoms with Crippen molar-refractivity contribution in [2.24, 2.45) is 5.14 Å². The molecule has 1 aromatic rings. The molecule has 0 atom stereocenters. The number of ether oxygens (including phenoxy) is 1.